The summed E-state index contributed by atoms with van der Waals surface area (Å²) in [6.07, 6.45) is 0.609. The fourth-order valence-electron chi connectivity index (χ4n) is 2.85. The van der Waals surface area contributed by atoms with E-state index in [1.54, 1.807) is 0 Å². The Balaban J connectivity index is 1.81. The van der Waals surface area contributed by atoms with Crippen LogP contribution in [0.2, 0.25) is 0 Å². The summed E-state index contributed by atoms with van der Waals surface area (Å²) >= 11 is 1.39. The summed E-state index contributed by atoms with van der Waals surface area (Å²) in [4.78, 5) is 35.5. The molecule has 0 aliphatic carbocycles. The third-order valence-corrected chi connectivity index (χ3v) is 5.46. The van der Waals surface area contributed by atoms with Crippen molar-refractivity contribution in [3.05, 3.63) is 70.1 Å². The lowest BCUT2D eigenvalue weighted by Gasteiger charge is -2.07. The van der Waals surface area contributed by atoms with Gasteiger partial charge in [0.05, 0.1) is 11.4 Å². The number of carboxylic acid groups (broad SMARTS) is 1. The second-order valence-corrected chi connectivity index (χ2v) is 7.47. The number of nitrogens with one attached hydrogen (secondary N) is 2. The van der Waals surface area contributed by atoms with Gasteiger partial charge in [-0.25, -0.2) is 0 Å². The van der Waals surface area contributed by atoms with Crippen LogP contribution in [0.5, 0.6) is 0 Å². The summed E-state index contributed by atoms with van der Waals surface area (Å²) in [6.45, 7) is 1.28. The molecule has 3 aromatic rings. The second-order valence-electron chi connectivity index (χ2n) is 6.42. The zero-order valence-electron chi connectivity index (χ0n) is 15.3. The van der Waals surface area contributed by atoms with Gasteiger partial charge in [0.15, 0.2) is 0 Å². The molecule has 3 rings (SSSR count). The van der Waals surface area contributed by atoms with Gasteiger partial charge >= 0.3 is 5.97 Å². The molecule has 0 saturated heterocycles. The van der Waals surface area contributed by atoms with Crippen molar-refractivity contribution in [1.29, 1.82) is 0 Å². The average molecular weight is 396 g/mol. The highest BCUT2D eigenvalue weighted by Gasteiger charge is 2.19. The fraction of sp³-hybridized carbons (Fsp3) is 0.190. The van der Waals surface area contributed by atoms with Gasteiger partial charge < -0.3 is 15.7 Å². The van der Waals surface area contributed by atoms with Crippen molar-refractivity contribution in [2.75, 3.05) is 13.1 Å². The Bertz CT molecular complexity index is 1020. The molecule has 1 heterocycles. The lowest BCUT2D eigenvalue weighted by molar-refractivity contribution is -0.137. The quantitative estimate of drug-likeness (QED) is 0.572. The number of benzene rings is 2. The number of carbonyl (C=O) groups is 3. The van der Waals surface area contributed by atoms with Crippen LogP contribution in [-0.4, -0.2) is 36.0 Å². The zero-order chi connectivity index (χ0) is 20.1. The lowest BCUT2D eigenvalue weighted by Crippen LogP contribution is -2.39. The topological polar surface area (TPSA) is 95.5 Å². The molecule has 0 aliphatic heterocycles. The summed E-state index contributed by atoms with van der Waals surface area (Å²) in [6, 6.07) is 16.0. The van der Waals surface area contributed by atoms with E-state index in [9.17, 15) is 14.4 Å². The minimum atomic E-state index is -1.13. The molecule has 1 aromatic heterocycles. The molecule has 0 bridgehead atoms. The molecule has 28 heavy (non-hydrogen) atoms. The van der Waals surface area contributed by atoms with Gasteiger partial charge in [-0.2, -0.15) is 0 Å². The maximum absolute atomic E-state index is 12.7. The average Bonchev–Trinajstić information content (AvgIpc) is 3.05. The van der Waals surface area contributed by atoms with Crippen LogP contribution in [0, 0.1) is 6.92 Å². The first-order valence-corrected chi connectivity index (χ1v) is 9.58. The van der Waals surface area contributed by atoms with Crippen LogP contribution < -0.4 is 10.6 Å². The Morgan fingerprint density at radius 2 is 1.68 bits per heavy atom. The van der Waals surface area contributed by atoms with Crippen LogP contribution in [0.15, 0.2) is 48.5 Å². The minimum Gasteiger partial charge on any atom is -0.480 e. The Kier molecular flexibility index (Phi) is 6.06. The van der Waals surface area contributed by atoms with Crippen LogP contribution in [-0.2, 0) is 16.0 Å². The van der Waals surface area contributed by atoms with Crippen molar-refractivity contribution in [3.8, 4) is 0 Å². The first-order valence-electron chi connectivity index (χ1n) is 8.76. The summed E-state index contributed by atoms with van der Waals surface area (Å²) in [5, 5.41) is 14.4. The van der Waals surface area contributed by atoms with E-state index in [0.717, 1.165) is 21.2 Å². The smallest absolute Gasteiger partial charge is 0.322 e. The van der Waals surface area contributed by atoms with Crippen LogP contribution >= 0.6 is 11.3 Å². The Labute approximate surface area is 166 Å². The minimum absolute atomic E-state index is 0.273. The molecule has 0 aliphatic rings. The maximum Gasteiger partial charge on any atom is 0.322 e. The monoisotopic (exact) mass is 396 g/mol. The lowest BCUT2D eigenvalue weighted by atomic mass is 10.0. The van der Waals surface area contributed by atoms with Gasteiger partial charge in [0, 0.05) is 4.70 Å². The van der Waals surface area contributed by atoms with Gasteiger partial charge in [0.25, 0.3) is 5.91 Å². The van der Waals surface area contributed by atoms with Crippen molar-refractivity contribution < 1.29 is 19.5 Å². The van der Waals surface area contributed by atoms with Crippen molar-refractivity contribution >= 4 is 39.2 Å². The van der Waals surface area contributed by atoms with Crippen molar-refractivity contribution in [2.24, 2.45) is 0 Å². The summed E-state index contributed by atoms with van der Waals surface area (Å²) < 4.78 is 1.00. The molecule has 0 radical (unpaired) electrons. The van der Waals surface area contributed by atoms with Crippen LogP contribution in [0.4, 0.5) is 0 Å². The summed E-state index contributed by atoms with van der Waals surface area (Å²) in [7, 11) is 0. The van der Waals surface area contributed by atoms with Gasteiger partial charge in [-0.05, 0) is 35.9 Å². The van der Waals surface area contributed by atoms with E-state index in [0.29, 0.717) is 11.3 Å². The number of carboxylic acids is 1. The second kappa shape index (κ2) is 8.67. The van der Waals surface area contributed by atoms with Crippen LogP contribution in [0.1, 0.15) is 26.4 Å². The van der Waals surface area contributed by atoms with Crippen LogP contribution in [0.3, 0.4) is 0 Å². The highest BCUT2D eigenvalue weighted by atomic mass is 32.1. The predicted molar refractivity (Wildman–Crippen MR) is 109 cm³/mol. The zero-order valence-corrected chi connectivity index (χ0v) is 16.1. The van der Waals surface area contributed by atoms with Gasteiger partial charge in [0.2, 0.25) is 5.91 Å². The van der Waals surface area contributed by atoms with E-state index >= 15 is 0 Å². The SMILES string of the molecule is Cc1ccc(Cc2c(C(=O)NCC(=O)NCC(=O)O)sc3ccccc23)cc1. The van der Waals surface area contributed by atoms with Gasteiger partial charge in [-0.1, -0.05) is 48.0 Å². The fourth-order valence-corrected chi connectivity index (χ4v) is 3.98. The highest BCUT2D eigenvalue weighted by molar-refractivity contribution is 7.21. The summed E-state index contributed by atoms with van der Waals surface area (Å²) in [5.41, 5.74) is 3.19. The molecule has 3 N–H and O–H groups in total. The third kappa shape index (κ3) is 4.75. The first-order chi connectivity index (χ1) is 13.4. The number of fused-ring (bicyclic) bond motifs is 1. The molecule has 0 atom stereocenters. The molecule has 6 nitrogen and oxygen atoms in total. The standard InChI is InChI=1S/C21H20N2O4S/c1-13-6-8-14(9-7-13)10-16-15-4-2-3-5-17(15)28-20(16)21(27)23-11-18(24)22-12-19(25)26/h2-9H,10-12H2,1H3,(H,22,24)(H,23,27)(H,25,26). The molecule has 2 amide bonds. The molecule has 2 aromatic carbocycles. The number of aryl methyl sites for hydroxylation is 1. The predicted octanol–water partition coefficient (Wildman–Crippen LogP) is 2.73. The normalized spacial score (nSPS) is 10.6. The van der Waals surface area contributed by atoms with Gasteiger partial charge in [0.1, 0.15) is 6.54 Å². The number of rotatable bonds is 7. The molecule has 0 fully saturated rings. The molecule has 0 spiro atoms. The molecular formula is C21H20N2O4S. The number of aliphatic carboxylic acids is 1. The number of carbonyl (C=O) groups excluding carboxylic acids is 2. The third-order valence-electron chi connectivity index (χ3n) is 4.25. The molecular weight excluding hydrogens is 376 g/mol. The maximum atomic E-state index is 12.7. The molecule has 0 unspecified atom stereocenters. The van der Waals surface area contributed by atoms with Crippen molar-refractivity contribution in [2.45, 2.75) is 13.3 Å². The highest BCUT2D eigenvalue weighted by Crippen LogP contribution is 2.33. The van der Waals surface area contributed by atoms with Crippen molar-refractivity contribution in [3.63, 3.8) is 0 Å². The summed E-state index contributed by atoms with van der Waals surface area (Å²) in [5.74, 6) is -2.02. The molecule has 144 valence electrons. The Morgan fingerprint density at radius 1 is 0.964 bits per heavy atom. The van der Waals surface area contributed by atoms with E-state index in [2.05, 4.69) is 10.6 Å². The van der Waals surface area contributed by atoms with Gasteiger partial charge in [-0.3, -0.25) is 14.4 Å². The van der Waals surface area contributed by atoms with E-state index in [4.69, 9.17) is 5.11 Å². The number of thiophene rings is 1. The number of hydrogen-bond acceptors (Lipinski definition) is 4. The van der Waals surface area contributed by atoms with E-state index in [1.165, 1.54) is 16.9 Å². The van der Waals surface area contributed by atoms with Crippen LogP contribution in [0.25, 0.3) is 10.1 Å². The Hall–Kier alpha value is -3.19. The number of amides is 2. The van der Waals surface area contributed by atoms with E-state index < -0.39 is 18.4 Å². The Morgan fingerprint density at radius 3 is 2.39 bits per heavy atom. The van der Waals surface area contributed by atoms with Gasteiger partial charge in [-0.15, -0.1) is 11.3 Å². The van der Waals surface area contributed by atoms with E-state index in [-0.39, 0.29) is 12.5 Å². The first kappa shape index (κ1) is 19.6. The van der Waals surface area contributed by atoms with Crippen molar-refractivity contribution in [1.82, 2.24) is 10.6 Å². The number of hydrogen-bond donors (Lipinski definition) is 3. The molecule has 0 saturated carbocycles. The van der Waals surface area contributed by atoms with E-state index in [1.807, 2.05) is 55.5 Å². The largest absolute Gasteiger partial charge is 0.480 e. The molecule has 7 heteroatoms.